The first kappa shape index (κ1) is 14.0. The quantitative estimate of drug-likeness (QED) is 0.730. The lowest BCUT2D eigenvalue weighted by atomic mass is 10.1. The second-order valence-electron chi connectivity index (χ2n) is 3.97. The van der Waals surface area contributed by atoms with Gasteiger partial charge in [-0.05, 0) is 31.5 Å². The molecule has 0 fully saturated rings. The predicted octanol–water partition coefficient (Wildman–Crippen LogP) is 0.669. The van der Waals surface area contributed by atoms with Crippen LogP contribution in [0.25, 0.3) is 0 Å². The zero-order valence-electron chi connectivity index (χ0n) is 10.3. The monoisotopic (exact) mass is 251 g/mol. The van der Waals surface area contributed by atoms with Gasteiger partial charge >= 0.3 is 6.03 Å². The number of carbonyl (C=O) groups excluding carboxylic acids is 2. The molecule has 1 unspecified atom stereocenters. The summed E-state index contributed by atoms with van der Waals surface area (Å²) in [5.41, 5.74) is 11.5. The summed E-state index contributed by atoms with van der Waals surface area (Å²) in [4.78, 5) is 21.9. The summed E-state index contributed by atoms with van der Waals surface area (Å²) < 4.78 is 5.39. The highest BCUT2D eigenvalue weighted by atomic mass is 16.5. The molecule has 0 radical (unpaired) electrons. The van der Waals surface area contributed by atoms with Crippen LogP contribution in [0.15, 0.2) is 24.3 Å². The van der Waals surface area contributed by atoms with Gasteiger partial charge in [-0.15, -0.1) is 0 Å². The molecule has 0 saturated heterocycles. The maximum Gasteiger partial charge on any atom is 0.318 e. The van der Waals surface area contributed by atoms with Gasteiger partial charge in [0, 0.05) is 6.04 Å². The van der Waals surface area contributed by atoms with Crippen molar-refractivity contribution in [3.8, 4) is 5.75 Å². The SMILES string of the molecule is CC(Oc1cccc([C@@H](C)N)c1)C(=O)NC(N)=O. The maximum absolute atomic E-state index is 11.4. The van der Waals surface area contributed by atoms with Crippen LogP contribution in [0.4, 0.5) is 4.79 Å². The Bertz CT molecular complexity index is 446. The van der Waals surface area contributed by atoms with E-state index in [2.05, 4.69) is 0 Å². The van der Waals surface area contributed by atoms with Crippen LogP contribution in [-0.2, 0) is 4.79 Å². The van der Waals surface area contributed by atoms with E-state index in [1.807, 2.05) is 18.3 Å². The highest BCUT2D eigenvalue weighted by Crippen LogP contribution is 2.18. The van der Waals surface area contributed by atoms with Crippen LogP contribution < -0.4 is 21.5 Å². The Labute approximate surface area is 105 Å². The minimum atomic E-state index is -0.903. The third-order valence-corrected chi connectivity index (χ3v) is 2.31. The number of nitrogens with two attached hydrogens (primary N) is 2. The largest absolute Gasteiger partial charge is 0.481 e. The Morgan fingerprint density at radius 2 is 2.00 bits per heavy atom. The summed E-state index contributed by atoms with van der Waals surface area (Å²) >= 11 is 0. The molecule has 3 amide bonds. The van der Waals surface area contributed by atoms with Gasteiger partial charge in [0.15, 0.2) is 6.10 Å². The molecule has 0 heterocycles. The van der Waals surface area contributed by atoms with E-state index in [9.17, 15) is 9.59 Å². The van der Waals surface area contributed by atoms with Crippen molar-refractivity contribution in [2.45, 2.75) is 26.0 Å². The van der Waals surface area contributed by atoms with Crippen molar-refractivity contribution in [1.82, 2.24) is 5.32 Å². The zero-order valence-corrected chi connectivity index (χ0v) is 10.3. The van der Waals surface area contributed by atoms with Gasteiger partial charge in [-0.3, -0.25) is 10.1 Å². The molecule has 98 valence electrons. The van der Waals surface area contributed by atoms with Crippen LogP contribution in [0.5, 0.6) is 5.75 Å². The highest BCUT2D eigenvalue weighted by Gasteiger charge is 2.16. The fraction of sp³-hybridized carbons (Fsp3) is 0.333. The van der Waals surface area contributed by atoms with Gasteiger partial charge in [0.25, 0.3) is 5.91 Å². The number of imide groups is 1. The number of rotatable bonds is 4. The molecule has 0 aliphatic rings. The number of ether oxygens (including phenoxy) is 1. The molecule has 5 N–H and O–H groups in total. The van der Waals surface area contributed by atoms with Crippen LogP contribution in [0.1, 0.15) is 25.5 Å². The van der Waals surface area contributed by atoms with E-state index < -0.39 is 18.0 Å². The predicted molar refractivity (Wildman–Crippen MR) is 66.9 cm³/mol. The Morgan fingerprint density at radius 1 is 1.33 bits per heavy atom. The molecule has 1 rings (SSSR count). The lowest BCUT2D eigenvalue weighted by molar-refractivity contribution is -0.126. The van der Waals surface area contributed by atoms with Gasteiger partial charge in [0.1, 0.15) is 5.75 Å². The molecule has 0 bridgehead atoms. The molecule has 18 heavy (non-hydrogen) atoms. The van der Waals surface area contributed by atoms with E-state index in [4.69, 9.17) is 16.2 Å². The summed E-state index contributed by atoms with van der Waals surface area (Å²) in [7, 11) is 0. The number of hydrogen-bond donors (Lipinski definition) is 3. The third-order valence-electron chi connectivity index (χ3n) is 2.31. The van der Waals surface area contributed by atoms with Crippen molar-refractivity contribution < 1.29 is 14.3 Å². The standard InChI is InChI=1S/C12H17N3O3/c1-7(13)9-4-3-5-10(6-9)18-8(2)11(16)15-12(14)17/h3-8H,13H2,1-2H3,(H3,14,15,16,17)/t7-,8?/m1/s1. The Morgan fingerprint density at radius 3 is 2.56 bits per heavy atom. The second-order valence-corrected chi connectivity index (χ2v) is 3.97. The zero-order chi connectivity index (χ0) is 13.7. The van der Waals surface area contributed by atoms with Crippen LogP contribution in [0, 0.1) is 0 Å². The molecule has 0 aromatic heterocycles. The first-order chi connectivity index (χ1) is 8.40. The number of primary amides is 1. The molecule has 0 saturated carbocycles. The number of hydrogen-bond acceptors (Lipinski definition) is 4. The molecule has 1 aromatic carbocycles. The average molecular weight is 251 g/mol. The Balaban J connectivity index is 2.69. The fourth-order valence-electron chi connectivity index (χ4n) is 1.35. The van der Waals surface area contributed by atoms with Crippen molar-refractivity contribution in [2.75, 3.05) is 0 Å². The van der Waals surface area contributed by atoms with Crippen LogP contribution in [-0.4, -0.2) is 18.0 Å². The number of nitrogens with one attached hydrogen (secondary N) is 1. The summed E-state index contributed by atoms with van der Waals surface area (Å²) in [6.07, 6.45) is -0.819. The van der Waals surface area contributed by atoms with Crippen molar-refractivity contribution in [3.63, 3.8) is 0 Å². The van der Waals surface area contributed by atoms with Gasteiger partial charge in [0.2, 0.25) is 0 Å². The van der Waals surface area contributed by atoms with Gasteiger partial charge in [-0.2, -0.15) is 0 Å². The topological polar surface area (TPSA) is 107 Å². The van der Waals surface area contributed by atoms with Crippen LogP contribution in [0.2, 0.25) is 0 Å². The van der Waals surface area contributed by atoms with Gasteiger partial charge < -0.3 is 16.2 Å². The van der Waals surface area contributed by atoms with Gasteiger partial charge in [-0.1, -0.05) is 12.1 Å². The Kier molecular flexibility index (Phi) is 4.67. The molecular weight excluding hydrogens is 234 g/mol. The summed E-state index contributed by atoms with van der Waals surface area (Å²) in [6.45, 7) is 3.37. The molecule has 0 aliphatic heterocycles. The van der Waals surface area contributed by atoms with Gasteiger partial charge in [-0.25, -0.2) is 4.79 Å². The number of benzene rings is 1. The maximum atomic E-state index is 11.4. The number of carbonyl (C=O) groups is 2. The van der Waals surface area contributed by atoms with E-state index in [1.165, 1.54) is 6.92 Å². The van der Waals surface area contributed by atoms with E-state index in [0.717, 1.165) is 5.56 Å². The third kappa shape index (κ3) is 4.06. The van der Waals surface area contributed by atoms with E-state index in [-0.39, 0.29) is 6.04 Å². The second kappa shape index (κ2) is 6.02. The first-order valence-electron chi connectivity index (χ1n) is 5.52. The van der Waals surface area contributed by atoms with Crippen molar-refractivity contribution in [1.29, 1.82) is 0 Å². The van der Waals surface area contributed by atoms with E-state index in [0.29, 0.717) is 5.75 Å². The average Bonchev–Trinajstić information content (AvgIpc) is 2.28. The van der Waals surface area contributed by atoms with Crippen molar-refractivity contribution in [3.05, 3.63) is 29.8 Å². The number of amides is 3. The molecule has 0 spiro atoms. The van der Waals surface area contributed by atoms with Crippen LogP contribution in [0.3, 0.4) is 0 Å². The lowest BCUT2D eigenvalue weighted by Crippen LogP contribution is -2.42. The molecule has 0 aliphatic carbocycles. The smallest absolute Gasteiger partial charge is 0.318 e. The van der Waals surface area contributed by atoms with Crippen LogP contribution >= 0.6 is 0 Å². The molecule has 1 aromatic rings. The van der Waals surface area contributed by atoms with E-state index in [1.54, 1.807) is 18.2 Å². The molecule has 6 nitrogen and oxygen atoms in total. The summed E-state index contributed by atoms with van der Waals surface area (Å²) in [6, 6.07) is 6.08. The molecular formula is C12H17N3O3. The van der Waals surface area contributed by atoms with Gasteiger partial charge in [0.05, 0.1) is 0 Å². The Hall–Kier alpha value is -2.08. The normalized spacial score (nSPS) is 13.5. The van der Waals surface area contributed by atoms with Crippen molar-refractivity contribution in [2.24, 2.45) is 11.5 Å². The minimum Gasteiger partial charge on any atom is -0.481 e. The lowest BCUT2D eigenvalue weighted by Gasteiger charge is -2.14. The van der Waals surface area contributed by atoms with Crippen molar-refractivity contribution >= 4 is 11.9 Å². The molecule has 6 heteroatoms. The number of urea groups is 1. The first-order valence-corrected chi connectivity index (χ1v) is 5.52. The molecule has 2 atom stereocenters. The fourth-order valence-corrected chi connectivity index (χ4v) is 1.35. The summed E-state index contributed by atoms with van der Waals surface area (Å²) in [5, 5.41) is 1.95. The highest BCUT2D eigenvalue weighted by molar-refractivity contribution is 5.95. The summed E-state index contributed by atoms with van der Waals surface area (Å²) in [5.74, 6) is -0.0781. The minimum absolute atomic E-state index is 0.122. The van der Waals surface area contributed by atoms with E-state index >= 15 is 0 Å².